The fraction of sp³-hybridized carbons (Fsp3) is 0.536. The van der Waals surface area contributed by atoms with Crippen molar-refractivity contribution in [1.82, 2.24) is 19.6 Å². The third-order valence-corrected chi connectivity index (χ3v) is 18.4. The summed E-state index contributed by atoms with van der Waals surface area (Å²) in [5.74, 6) is 0.269. The third-order valence-electron chi connectivity index (χ3n) is 17.1. The van der Waals surface area contributed by atoms with Gasteiger partial charge in [0.25, 0.3) is 21.6 Å². The van der Waals surface area contributed by atoms with Crippen molar-refractivity contribution in [3.8, 4) is 5.88 Å². The molecule has 0 bridgehead atoms. The zero-order chi connectivity index (χ0) is 50.8. The number of nitrogens with one attached hydrogen (secondary N) is 3. The summed E-state index contributed by atoms with van der Waals surface area (Å²) in [7, 11) is -4.61. The minimum Gasteiger partial charge on any atom is -0.468 e. The highest BCUT2D eigenvalue weighted by Crippen LogP contribution is 2.55. The highest BCUT2D eigenvalue weighted by atomic mass is 32.2. The lowest BCUT2D eigenvalue weighted by molar-refractivity contribution is -0.384. The maximum atomic E-state index is 14.7. The highest BCUT2D eigenvalue weighted by molar-refractivity contribution is 7.90. The predicted molar refractivity (Wildman–Crippen MR) is 283 cm³/mol. The average molecular weight is 1020 g/mol. The van der Waals surface area contributed by atoms with Crippen LogP contribution in [0.2, 0.25) is 0 Å². The molecule has 3 N–H and O–H groups in total. The van der Waals surface area contributed by atoms with E-state index in [9.17, 15) is 23.3 Å². The quantitative estimate of drug-likeness (QED) is 0.0706. The van der Waals surface area contributed by atoms with Crippen LogP contribution < -0.4 is 24.6 Å². The molecule has 1 spiro atoms. The average Bonchev–Trinajstić information content (AvgIpc) is 4.15. The second-order valence-electron chi connectivity index (χ2n) is 22.6. The molecule has 1 amide bonds. The second kappa shape index (κ2) is 19.5. The zero-order valence-electron chi connectivity index (χ0n) is 42.8. The SMILES string of the molecule is CC(C)OC1(C)CCC(CNc2ccc(S(=O)(=O)NC(=O)c3ccc(N4CCC5(CC4)CC(N4CCC[C@H]4c4ccccc4C(C)C)C5)cc3N3c4cc5cc[nH]c5nc4O[C@@H]4COC[C@H]43)cc2[N+](=O)[O-])CC1. The van der Waals surface area contributed by atoms with Crippen LogP contribution >= 0.6 is 0 Å². The van der Waals surface area contributed by atoms with Crippen LogP contribution in [0.25, 0.3) is 11.0 Å². The highest BCUT2D eigenvalue weighted by Gasteiger charge is 2.50. The maximum Gasteiger partial charge on any atom is 0.293 e. The topological polar surface area (TPSA) is 184 Å². The van der Waals surface area contributed by atoms with Crippen molar-refractivity contribution in [2.45, 2.75) is 146 Å². The lowest BCUT2D eigenvalue weighted by Crippen LogP contribution is -2.55. The smallest absolute Gasteiger partial charge is 0.293 e. The maximum absolute atomic E-state index is 14.7. The first-order chi connectivity index (χ1) is 35.1. The van der Waals surface area contributed by atoms with Gasteiger partial charge in [0.15, 0.2) is 0 Å². The summed E-state index contributed by atoms with van der Waals surface area (Å²) in [6.45, 7) is 14.8. The molecule has 2 aromatic heterocycles. The van der Waals surface area contributed by atoms with Gasteiger partial charge in [-0.05, 0) is 162 Å². The molecular weight excluding hydrogens is 945 g/mol. The number of pyridine rings is 1. The van der Waals surface area contributed by atoms with Gasteiger partial charge in [0, 0.05) is 55.1 Å². The number of hydrogen-bond acceptors (Lipinski definition) is 13. The Labute approximate surface area is 428 Å². The molecule has 6 aliphatic rings. The van der Waals surface area contributed by atoms with E-state index < -0.39 is 37.5 Å². The molecule has 73 heavy (non-hydrogen) atoms. The molecule has 0 unspecified atom stereocenters. The Kier molecular flexibility index (Phi) is 13.2. The molecule has 3 atom stereocenters. The number of fused-ring (bicyclic) bond motifs is 3. The molecule has 5 aromatic rings. The van der Waals surface area contributed by atoms with Crippen LogP contribution in [0.15, 0.2) is 83.9 Å². The number of ether oxygens (including phenoxy) is 3. The molecule has 5 fully saturated rings. The number of carbonyl (C=O) groups excluding carboxylic acids is 1. The van der Waals surface area contributed by atoms with Crippen molar-refractivity contribution in [1.29, 1.82) is 0 Å². The minimum atomic E-state index is -4.61. The van der Waals surface area contributed by atoms with Crippen molar-refractivity contribution in [2.75, 3.05) is 54.5 Å². The molecule has 0 radical (unpaired) electrons. The molecule has 2 saturated carbocycles. The van der Waals surface area contributed by atoms with E-state index in [1.165, 1.54) is 48.9 Å². The van der Waals surface area contributed by atoms with Crippen molar-refractivity contribution in [3.05, 3.63) is 106 Å². The number of nitro benzene ring substituents is 1. The first-order valence-corrected chi connectivity index (χ1v) is 28.1. The van der Waals surface area contributed by atoms with E-state index in [-0.39, 0.29) is 40.3 Å². The van der Waals surface area contributed by atoms with E-state index in [4.69, 9.17) is 19.2 Å². The van der Waals surface area contributed by atoms with E-state index in [0.717, 1.165) is 75.3 Å². The lowest BCUT2D eigenvalue weighted by atomic mass is 9.59. The lowest BCUT2D eigenvalue weighted by Gasteiger charge is -2.56. The first kappa shape index (κ1) is 49.5. The number of piperidine rings is 1. The Morgan fingerprint density at radius 3 is 2.48 bits per heavy atom. The van der Waals surface area contributed by atoms with Crippen molar-refractivity contribution >= 4 is 55.4 Å². The molecule has 3 saturated heterocycles. The van der Waals surface area contributed by atoms with E-state index in [1.807, 2.05) is 49.2 Å². The number of rotatable bonds is 14. The van der Waals surface area contributed by atoms with Crippen molar-refractivity contribution in [2.24, 2.45) is 11.3 Å². The van der Waals surface area contributed by atoms with Crippen LogP contribution in [0, 0.1) is 21.4 Å². The van der Waals surface area contributed by atoms with Gasteiger partial charge in [-0.25, -0.2) is 13.1 Å². The number of sulfonamides is 1. The zero-order valence-corrected chi connectivity index (χ0v) is 43.6. The van der Waals surface area contributed by atoms with Gasteiger partial charge in [-0.15, -0.1) is 0 Å². The Balaban J connectivity index is 0.839. The van der Waals surface area contributed by atoms with E-state index in [2.05, 4.69) is 69.9 Å². The molecule has 2 aliphatic carbocycles. The van der Waals surface area contributed by atoms with Gasteiger partial charge in [-0.3, -0.25) is 19.8 Å². The summed E-state index contributed by atoms with van der Waals surface area (Å²) in [5.41, 5.74) is 5.70. The number of amides is 1. The Morgan fingerprint density at radius 1 is 0.945 bits per heavy atom. The summed E-state index contributed by atoms with van der Waals surface area (Å²) in [6, 6.07) is 23.0. The molecule has 11 rings (SSSR count). The number of H-pyrrole nitrogens is 1. The molecule has 17 heteroatoms. The summed E-state index contributed by atoms with van der Waals surface area (Å²) in [6.07, 6.45) is 12.1. The number of benzene rings is 3. The van der Waals surface area contributed by atoms with Crippen LogP contribution in [0.3, 0.4) is 0 Å². The molecule has 3 aromatic carbocycles. The number of carbonyl (C=O) groups is 1. The van der Waals surface area contributed by atoms with E-state index >= 15 is 0 Å². The predicted octanol–water partition coefficient (Wildman–Crippen LogP) is 10.4. The van der Waals surface area contributed by atoms with Crippen LogP contribution in [0.1, 0.15) is 132 Å². The van der Waals surface area contributed by atoms with Gasteiger partial charge in [-0.2, -0.15) is 4.98 Å². The van der Waals surface area contributed by atoms with Gasteiger partial charge in [0.05, 0.1) is 52.0 Å². The van der Waals surface area contributed by atoms with Gasteiger partial charge in [0.1, 0.15) is 23.1 Å². The van der Waals surface area contributed by atoms with Gasteiger partial charge >= 0.3 is 0 Å². The molecular formula is C56H70N8O8S. The fourth-order valence-corrected chi connectivity index (χ4v) is 14.2. The number of aromatic nitrogens is 2. The van der Waals surface area contributed by atoms with Gasteiger partial charge in [0.2, 0.25) is 5.88 Å². The van der Waals surface area contributed by atoms with Crippen molar-refractivity contribution in [3.63, 3.8) is 0 Å². The van der Waals surface area contributed by atoms with Gasteiger partial charge < -0.3 is 34.3 Å². The number of nitro groups is 1. The van der Waals surface area contributed by atoms with Crippen LogP contribution in [0.5, 0.6) is 5.88 Å². The minimum absolute atomic E-state index is 0.115. The summed E-state index contributed by atoms with van der Waals surface area (Å²) in [5, 5.41) is 16.5. The van der Waals surface area contributed by atoms with E-state index in [1.54, 1.807) is 6.07 Å². The normalized spacial score (nSPS) is 25.2. The Bertz CT molecular complexity index is 2990. The van der Waals surface area contributed by atoms with Gasteiger partial charge in [-0.1, -0.05) is 38.1 Å². The number of anilines is 4. The van der Waals surface area contributed by atoms with E-state index in [0.29, 0.717) is 60.7 Å². The number of nitrogens with zero attached hydrogens (tertiary/aromatic N) is 5. The monoisotopic (exact) mass is 1010 g/mol. The number of aromatic amines is 1. The van der Waals surface area contributed by atoms with Crippen molar-refractivity contribution < 1.29 is 32.3 Å². The Hall–Kier alpha value is -5.75. The third kappa shape index (κ3) is 9.66. The summed E-state index contributed by atoms with van der Waals surface area (Å²) >= 11 is 0. The fourth-order valence-electron chi connectivity index (χ4n) is 13.2. The summed E-state index contributed by atoms with van der Waals surface area (Å²) in [4.78, 5) is 41.4. The second-order valence-corrected chi connectivity index (χ2v) is 24.3. The molecule has 16 nitrogen and oxygen atoms in total. The number of hydrogen-bond donors (Lipinski definition) is 3. The standard InChI is InChI=1S/C56H70N8O8S/c1-35(2)42-9-6-7-10-43(42)46-11-8-24-62(46)40-30-56(31-40)21-25-61(26-22-56)39-12-14-44(47(28-39)63-49-27-38-18-23-57-52(38)59-54(49)71-51-34-70-33-50(51)63)53(65)60-73(68,69)41-13-15-45(48(29-41)64(66)67)58-32-37-16-19-55(5,20-17-37)72-36(3)4/h6-7,9-10,12-15,18,23,27-29,35-37,40,46,50-51,58H,8,11,16-17,19-22,24-26,30-34H2,1-5H3,(H,57,59)(H,60,65)/t37?,46-,50+,51+,55?/m0/s1. The molecule has 4 aliphatic heterocycles. The Morgan fingerprint density at radius 2 is 1.73 bits per heavy atom. The van der Waals surface area contributed by atoms with Crippen LogP contribution in [0.4, 0.5) is 28.4 Å². The number of likely N-dealkylation sites (tertiary alicyclic amines) is 1. The first-order valence-electron chi connectivity index (χ1n) is 26.6. The molecule has 388 valence electrons. The van der Waals surface area contributed by atoms with Crippen LogP contribution in [-0.4, -0.2) is 103 Å². The largest absolute Gasteiger partial charge is 0.468 e. The summed E-state index contributed by atoms with van der Waals surface area (Å²) < 4.78 is 49.4. The molecule has 6 heterocycles. The van der Waals surface area contributed by atoms with Crippen LogP contribution in [-0.2, 0) is 19.5 Å².